The lowest BCUT2D eigenvalue weighted by molar-refractivity contribution is -0.120. The average Bonchev–Trinajstić information content (AvgIpc) is 2.68. The van der Waals surface area contributed by atoms with E-state index in [0.29, 0.717) is 30.0 Å². The molecule has 5 heteroatoms. The molecule has 0 aliphatic rings. The second kappa shape index (κ2) is 7.70. The van der Waals surface area contributed by atoms with Crippen LogP contribution in [0.15, 0.2) is 54.6 Å². The Labute approximate surface area is 151 Å². The zero-order valence-corrected chi connectivity index (χ0v) is 14.5. The van der Waals surface area contributed by atoms with Gasteiger partial charge in [-0.3, -0.25) is 4.79 Å². The summed E-state index contributed by atoms with van der Waals surface area (Å²) in [4.78, 5) is 23.0. The molecule has 0 bridgehead atoms. The van der Waals surface area contributed by atoms with E-state index in [9.17, 15) is 9.59 Å². The minimum atomic E-state index is -0.443. The summed E-state index contributed by atoms with van der Waals surface area (Å²) in [5.74, 6) is 1.18. The number of esters is 1. The van der Waals surface area contributed by atoms with E-state index in [-0.39, 0.29) is 0 Å². The van der Waals surface area contributed by atoms with Crippen LogP contribution in [0.25, 0.3) is 10.8 Å². The van der Waals surface area contributed by atoms with Gasteiger partial charge in [0.15, 0.2) is 0 Å². The summed E-state index contributed by atoms with van der Waals surface area (Å²) in [5, 5.41) is 1.90. The molecule has 0 unspecified atom stereocenters. The number of aryl methyl sites for hydroxylation is 1. The van der Waals surface area contributed by atoms with Crippen molar-refractivity contribution in [3.63, 3.8) is 0 Å². The van der Waals surface area contributed by atoms with Gasteiger partial charge in [-0.25, -0.2) is 4.79 Å². The molecule has 26 heavy (non-hydrogen) atoms. The van der Waals surface area contributed by atoms with Gasteiger partial charge in [-0.15, -0.1) is 0 Å². The van der Waals surface area contributed by atoms with Crippen LogP contribution in [-0.4, -0.2) is 19.6 Å². The predicted octanol–water partition coefficient (Wildman–Crippen LogP) is 4.17. The summed E-state index contributed by atoms with van der Waals surface area (Å²) in [6.07, 6.45) is 0.635. The van der Waals surface area contributed by atoms with Gasteiger partial charge in [-0.05, 0) is 65.2 Å². The molecule has 3 aromatic carbocycles. The first-order valence-electron chi connectivity index (χ1n) is 8.18. The Kier molecular flexibility index (Phi) is 5.17. The van der Waals surface area contributed by atoms with Crippen LogP contribution in [0.3, 0.4) is 0 Å². The Morgan fingerprint density at radius 2 is 1.69 bits per heavy atom. The van der Waals surface area contributed by atoms with Crippen molar-refractivity contribution in [1.29, 1.82) is 0 Å². The molecule has 0 saturated carbocycles. The number of carbonyl (C=O) groups is 2. The van der Waals surface area contributed by atoms with Crippen LogP contribution in [0.5, 0.6) is 17.2 Å². The molecule has 0 atom stereocenters. The number of methoxy groups -OCH3 is 1. The third-order valence-electron chi connectivity index (χ3n) is 4.08. The van der Waals surface area contributed by atoms with Gasteiger partial charge >= 0.3 is 5.97 Å². The predicted molar refractivity (Wildman–Crippen MR) is 98.0 cm³/mol. The lowest BCUT2D eigenvalue weighted by Gasteiger charge is -2.11. The van der Waals surface area contributed by atoms with Crippen LogP contribution in [0.2, 0.25) is 0 Å². The monoisotopic (exact) mass is 350 g/mol. The minimum absolute atomic E-state index is 0.366. The maximum atomic E-state index is 12.5. The highest BCUT2D eigenvalue weighted by molar-refractivity contribution is 5.96. The van der Waals surface area contributed by atoms with Gasteiger partial charge in [0.05, 0.1) is 12.7 Å². The molecule has 0 heterocycles. The molecule has 0 radical (unpaired) electrons. The van der Waals surface area contributed by atoms with Crippen molar-refractivity contribution in [2.45, 2.75) is 13.3 Å². The third-order valence-corrected chi connectivity index (χ3v) is 4.08. The molecule has 0 aliphatic carbocycles. The van der Waals surface area contributed by atoms with Crippen LogP contribution in [0.1, 0.15) is 22.8 Å². The smallest absolute Gasteiger partial charge is 0.343 e. The quantitative estimate of drug-likeness (QED) is 0.379. The first kappa shape index (κ1) is 17.5. The van der Waals surface area contributed by atoms with Crippen LogP contribution in [0.4, 0.5) is 0 Å². The van der Waals surface area contributed by atoms with Crippen molar-refractivity contribution < 1.29 is 23.8 Å². The molecular formula is C21H18O5. The van der Waals surface area contributed by atoms with Gasteiger partial charge < -0.3 is 14.2 Å². The standard InChI is InChI=1S/C21H18O5/c1-3-14-11-19(25-13-22)8-9-20(14)26-21(23)17-5-4-16-12-18(24-2)7-6-15(16)10-17/h4-13H,3H2,1-2H3. The first-order valence-corrected chi connectivity index (χ1v) is 8.18. The molecule has 0 spiro atoms. The van der Waals surface area contributed by atoms with E-state index in [1.165, 1.54) is 0 Å². The van der Waals surface area contributed by atoms with Gasteiger partial charge in [0.25, 0.3) is 6.47 Å². The molecule has 0 aliphatic heterocycles. The molecule has 3 aromatic rings. The van der Waals surface area contributed by atoms with E-state index >= 15 is 0 Å². The lowest BCUT2D eigenvalue weighted by atomic mass is 10.1. The summed E-state index contributed by atoms with van der Waals surface area (Å²) in [7, 11) is 1.61. The zero-order valence-electron chi connectivity index (χ0n) is 14.5. The summed E-state index contributed by atoms with van der Waals surface area (Å²) in [6.45, 7) is 2.30. The van der Waals surface area contributed by atoms with Gasteiger partial charge in [0, 0.05) is 0 Å². The number of rotatable bonds is 6. The first-order chi connectivity index (χ1) is 12.6. The molecule has 0 amide bonds. The topological polar surface area (TPSA) is 61.8 Å². The summed E-state index contributed by atoms with van der Waals surface area (Å²) >= 11 is 0. The van der Waals surface area contributed by atoms with Gasteiger partial charge in [0.2, 0.25) is 0 Å². The summed E-state index contributed by atoms with van der Waals surface area (Å²) < 4.78 is 15.6. The number of ether oxygens (including phenoxy) is 3. The van der Waals surface area contributed by atoms with Gasteiger partial charge in [-0.2, -0.15) is 0 Å². The van der Waals surface area contributed by atoms with E-state index in [1.54, 1.807) is 37.4 Å². The normalized spacial score (nSPS) is 10.4. The van der Waals surface area contributed by atoms with Crippen molar-refractivity contribution in [2.75, 3.05) is 7.11 Å². The maximum absolute atomic E-state index is 12.5. The number of hydrogen-bond donors (Lipinski definition) is 0. The fourth-order valence-corrected chi connectivity index (χ4v) is 2.70. The zero-order chi connectivity index (χ0) is 18.5. The molecule has 0 aromatic heterocycles. The molecule has 3 rings (SSSR count). The van der Waals surface area contributed by atoms with E-state index < -0.39 is 5.97 Å². The van der Waals surface area contributed by atoms with Crippen molar-refractivity contribution in [2.24, 2.45) is 0 Å². The van der Waals surface area contributed by atoms with Crippen LogP contribution >= 0.6 is 0 Å². The number of carbonyl (C=O) groups excluding carboxylic acids is 2. The summed E-state index contributed by atoms with van der Waals surface area (Å²) in [6, 6.07) is 15.9. The SMILES string of the molecule is CCc1cc(OC=O)ccc1OC(=O)c1ccc2cc(OC)ccc2c1. The minimum Gasteiger partial charge on any atom is -0.497 e. The highest BCUT2D eigenvalue weighted by atomic mass is 16.5. The Bertz CT molecular complexity index is 962. The van der Waals surface area contributed by atoms with E-state index in [1.807, 2.05) is 31.2 Å². The third kappa shape index (κ3) is 3.67. The van der Waals surface area contributed by atoms with Crippen LogP contribution in [0, 0.1) is 0 Å². The average molecular weight is 350 g/mol. The number of fused-ring (bicyclic) bond motifs is 1. The van der Waals surface area contributed by atoms with E-state index in [0.717, 1.165) is 22.1 Å². The van der Waals surface area contributed by atoms with Crippen molar-refractivity contribution in [3.8, 4) is 17.2 Å². The Balaban J connectivity index is 1.85. The Hall–Kier alpha value is -3.34. The highest BCUT2D eigenvalue weighted by Gasteiger charge is 2.13. The largest absolute Gasteiger partial charge is 0.497 e. The Morgan fingerprint density at radius 3 is 2.42 bits per heavy atom. The molecule has 5 nitrogen and oxygen atoms in total. The fourth-order valence-electron chi connectivity index (χ4n) is 2.70. The second-order valence-corrected chi connectivity index (χ2v) is 5.65. The molecular weight excluding hydrogens is 332 g/mol. The molecule has 132 valence electrons. The van der Waals surface area contributed by atoms with Gasteiger partial charge in [-0.1, -0.05) is 19.1 Å². The molecule has 0 saturated heterocycles. The molecule has 0 fully saturated rings. The molecule has 0 N–H and O–H groups in total. The van der Waals surface area contributed by atoms with Crippen LogP contribution in [-0.2, 0) is 11.2 Å². The highest BCUT2D eigenvalue weighted by Crippen LogP contribution is 2.27. The van der Waals surface area contributed by atoms with Crippen molar-refractivity contribution in [1.82, 2.24) is 0 Å². The number of hydrogen-bond acceptors (Lipinski definition) is 5. The second-order valence-electron chi connectivity index (χ2n) is 5.65. The van der Waals surface area contributed by atoms with Crippen molar-refractivity contribution >= 4 is 23.2 Å². The maximum Gasteiger partial charge on any atom is 0.343 e. The summed E-state index contributed by atoms with van der Waals surface area (Å²) in [5.41, 5.74) is 1.24. The Morgan fingerprint density at radius 1 is 0.962 bits per heavy atom. The van der Waals surface area contributed by atoms with E-state index in [2.05, 4.69) is 0 Å². The van der Waals surface area contributed by atoms with Gasteiger partial charge in [0.1, 0.15) is 17.2 Å². The van der Waals surface area contributed by atoms with E-state index in [4.69, 9.17) is 14.2 Å². The lowest BCUT2D eigenvalue weighted by Crippen LogP contribution is -2.10. The van der Waals surface area contributed by atoms with Crippen LogP contribution < -0.4 is 14.2 Å². The number of benzene rings is 3. The van der Waals surface area contributed by atoms with Crippen molar-refractivity contribution in [3.05, 3.63) is 65.7 Å². The fraction of sp³-hybridized carbons (Fsp3) is 0.143.